The molecule has 3 heterocycles. The zero-order valence-electron chi connectivity index (χ0n) is 17.7. The molecule has 6 heteroatoms. The summed E-state index contributed by atoms with van der Waals surface area (Å²) in [4.78, 5) is 14.4. The third kappa shape index (κ3) is 3.27. The zero-order chi connectivity index (χ0) is 20.1. The predicted octanol–water partition coefficient (Wildman–Crippen LogP) is 3.53. The largest absolute Gasteiger partial charge is 0.369 e. The monoisotopic (exact) mass is 402 g/mol. The fraction of sp³-hybridized carbons (Fsp3) is 0.542. The van der Waals surface area contributed by atoms with E-state index in [1.165, 1.54) is 36.9 Å². The molecule has 3 fully saturated rings. The molecule has 6 rings (SSSR count). The first-order valence-corrected chi connectivity index (χ1v) is 11.4. The number of fused-ring (bicyclic) bond motifs is 3. The average molecular weight is 403 g/mol. The molecule has 1 aromatic carbocycles. The minimum absolute atomic E-state index is 0.534. The molecule has 2 aliphatic carbocycles. The van der Waals surface area contributed by atoms with E-state index in [0.717, 1.165) is 61.3 Å². The van der Waals surface area contributed by atoms with E-state index in [-0.39, 0.29) is 0 Å². The number of likely N-dealkylation sites (N-methyl/N-ethyl adjacent to an activating group) is 1. The van der Waals surface area contributed by atoms with Crippen LogP contribution in [-0.4, -0.2) is 57.9 Å². The molecule has 2 saturated carbocycles. The topological polar surface area (TPSA) is 50.1 Å². The molecule has 2 bridgehead atoms. The van der Waals surface area contributed by atoms with Gasteiger partial charge in [-0.1, -0.05) is 18.6 Å². The predicted molar refractivity (Wildman–Crippen MR) is 119 cm³/mol. The van der Waals surface area contributed by atoms with Crippen LogP contribution in [0.4, 0.5) is 5.69 Å². The van der Waals surface area contributed by atoms with E-state index < -0.39 is 0 Å². The third-order valence-electron chi connectivity index (χ3n) is 7.57. The molecule has 2 aromatic heterocycles. The maximum absolute atomic E-state index is 4.95. The van der Waals surface area contributed by atoms with Crippen LogP contribution in [-0.2, 0) is 6.42 Å². The maximum Gasteiger partial charge on any atom is 0.161 e. The van der Waals surface area contributed by atoms with E-state index in [0.29, 0.717) is 6.04 Å². The van der Waals surface area contributed by atoms with Crippen LogP contribution in [0, 0.1) is 11.8 Å². The highest BCUT2D eigenvalue weighted by molar-refractivity contribution is 5.73. The molecule has 0 spiro atoms. The Hall–Kier alpha value is -2.47. The van der Waals surface area contributed by atoms with Crippen molar-refractivity contribution in [3.63, 3.8) is 0 Å². The van der Waals surface area contributed by atoms with E-state index in [9.17, 15) is 0 Å². The van der Waals surface area contributed by atoms with Crippen LogP contribution in [0.15, 0.2) is 36.7 Å². The second-order valence-corrected chi connectivity index (χ2v) is 9.53. The summed E-state index contributed by atoms with van der Waals surface area (Å²) in [6.07, 6.45) is 10.1. The van der Waals surface area contributed by atoms with Crippen molar-refractivity contribution in [3.05, 3.63) is 48.0 Å². The molecule has 0 unspecified atom stereocenters. The van der Waals surface area contributed by atoms with Gasteiger partial charge in [0.15, 0.2) is 5.65 Å². The van der Waals surface area contributed by atoms with Gasteiger partial charge in [0.25, 0.3) is 0 Å². The second-order valence-electron chi connectivity index (χ2n) is 9.53. The van der Waals surface area contributed by atoms with Gasteiger partial charge in [-0.3, -0.25) is 0 Å². The highest BCUT2D eigenvalue weighted by Crippen LogP contribution is 2.50. The lowest BCUT2D eigenvalue weighted by molar-refractivity contribution is 0.313. The lowest BCUT2D eigenvalue weighted by Gasteiger charge is -2.34. The average Bonchev–Trinajstić information content (AvgIpc) is 3.50. The first-order chi connectivity index (χ1) is 14.7. The smallest absolute Gasteiger partial charge is 0.161 e. The lowest BCUT2D eigenvalue weighted by Crippen LogP contribution is -2.44. The van der Waals surface area contributed by atoms with Crippen LogP contribution in [0.3, 0.4) is 0 Å². The van der Waals surface area contributed by atoms with Crippen molar-refractivity contribution in [2.75, 3.05) is 38.1 Å². The van der Waals surface area contributed by atoms with Crippen LogP contribution in [0.2, 0.25) is 0 Å². The van der Waals surface area contributed by atoms with Crippen molar-refractivity contribution in [3.8, 4) is 0 Å². The molecule has 3 atom stereocenters. The summed E-state index contributed by atoms with van der Waals surface area (Å²) >= 11 is 0. The highest BCUT2D eigenvalue weighted by Gasteiger charge is 2.41. The summed E-state index contributed by atoms with van der Waals surface area (Å²) in [5.41, 5.74) is 3.60. The molecule has 0 radical (unpaired) electrons. The summed E-state index contributed by atoms with van der Waals surface area (Å²) < 4.78 is 2.21. The number of anilines is 1. The Morgan fingerprint density at radius 1 is 0.967 bits per heavy atom. The maximum atomic E-state index is 4.95. The Balaban J connectivity index is 1.20. The van der Waals surface area contributed by atoms with Gasteiger partial charge in [0.05, 0.1) is 17.6 Å². The number of piperazine rings is 1. The third-order valence-corrected chi connectivity index (χ3v) is 7.57. The standard InChI is InChI=1S/C24H30N6/c1-28-8-10-29(11-9-28)21-6-3-17(4-7-21)14-23-25-15-20-16-26-30(24(20)27-23)22-13-18-2-5-19(22)12-18/h3-4,6-7,15-16,18-19,22H,2,5,8-14H2,1H3/t18-,19+,22+/m1/s1. The molecule has 30 heavy (non-hydrogen) atoms. The van der Waals surface area contributed by atoms with Crippen molar-refractivity contribution in [2.24, 2.45) is 11.8 Å². The Bertz CT molecular complexity index is 1030. The Labute approximate surface area is 177 Å². The number of benzene rings is 1. The number of hydrogen-bond acceptors (Lipinski definition) is 5. The Kier molecular flexibility index (Phi) is 4.48. The highest BCUT2D eigenvalue weighted by atomic mass is 15.3. The number of hydrogen-bond donors (Lipinski definition) is 0. The van der Waals surface area contributed by atoms with Crippen molar-refractivity contribution in [1.82, 2.24) is 24.6 Å². The lowest BCUT2D eigenvalue weighted by atomic mass is 9.95. The van der Waals surface area contributed by atoms with Gasteiger partial charge in [-0.15, -0.1) is 0 Å². The normalized spacial score (nSPS) is 26.7. The minimum atomic E-state index is 0.534. The van der Waals surface area contributed by atoms with Crippen molar-refractivity contribution < 1.29 is 0 Å². The summed E-state index contributed by atoms with van der Waals surface area (Å²) in [7, 11) is 2.19. The Morgan fingerprint density at radius 3 is 2.53 bits per heavy atom. The summed E-state index contributed by atoms with van der Waals surface area (Å²) in [6, 6.07) is 9.49. The first kappa shape index (κ1) is 18.3. The SMILES string of the molecule is CN1CCN(c2ccc(Cc3ncc4cnn([C@H]5C[C@@H]6CC[C@H]5C6)c4n3)cc2)CC1. The van der Waals surface area contributed by atoms with E-state index in [1.54, 1.807) is 0 Å². The number of nitrogens with zero attached hydrogens (tertiary/aromatic N) is 6. The molecule has 3 aromatic rings. The molecule has 3 aliphatic rings. The number of aromatic nitrogens is 4. The van der Waals surface area contributed by atoms with Gasteiger partial charge >= 0.3 is 0 Å². The van der Waals surface area contributed by atoms with E-state index in [4.69, 9.17) is 10.1 Å². The molecule has 156 valence electrons. The van der Waals surface area contributed by atoms with Crippen LogP contribution in [0.25, 0.3) is 11.0 Å². The fourth-order valence-corrected chi connectivity index (χ4v) is 5.78. The zero-order valence-corrected chi connectivity index (χ0v) is 17.7. The minimum Gasteiger partial charge on any atom is -0.369 e. The van der Waals surface area contributed by atoms with Crippen molar-refractivity contribution >= 4 is 16.7 Å². The molecule has 0 N–H and O–H groups in total. The van der Waals surface area contributed by atoms with Crippen LogP contribution >= 0.6 is 0 Å². The molecule has 0 amide bonds. The van der Waals surface area contributed by atoms with Crippen LogP contribution in [0.1, 0.15) is 43.1 Å². The molecular weight excluding hydrogens is 372 g/mol. The van der Waals surface area contributed by atoms with Crippen LogP contribution < -0.4 is 4.90 Å². The van der Waals surface area contributed by atoms with Gasteiger partial charge in [-0.25, -0.2) is 14.6 Å². The van der Waals surface area contributed by atoms with Crippen molar-refractivity contribution in [1.29, 1.82) is 0 Å². The van der Waals surface area contributed by atoms with E-state index >= 15 is 0 Å². The summed E-state index contributed by atoms with van der Waals surface area (Å²) in [5, 5.41) is 5.78. The summed E-state index contributed by atoms with van der Waals surface area (Å²) in [6.45, 7) is 4.46. The second kappa shape index (κ2) is 7.34. The first-order valence-electron chi connectivity index (χ1n) is 11.4. The van der Waals surface area contributed by atoms with Gasteiger partial charge < -0.3 is 9.80 Å². The van der Waals surface area contributed by atoms with Gasteiger partial charge in [0.2, 0.25) is 0 Å². The van der Waals surface area contributed by atoms with Crippen LogP contribution in [0.5, 0.6) is 0 Å². The molecule has 6 nitrogen and oxygen atoms in total. The van der Waals surface area contributed by atoms with E-state index in [1.807, 2.05) is 12.4 Å². The molecule has 1 aliphatic heterocycles. The van der Waals surface area contributed by atoms with Crippen molar-refractivity contribution in [2.45, 2.75) is 38.1 Å². The molecular formula is C24H30N6. The van der Waals surface area contributed by atoms with Gasteiger partial charge in [0, 0.05) is 44.5 Å². The summed E-state index contributed by atoms with van der Waals surface area (Å²) in [5.74, 6) is 2.58. The quantitative estimate of drug-likeness (QED) is 0.668. The van der Waals surface area contributed by atoms with Gasteiger partial charge in [-0.05, 0) is 55.8 Å². The molecule has 1 saturated heterocycles. The number of rotatable bonds is 4. The Morgan fingerprint density at radius 2 is 1.80 bits per heavy atom. The van der Waals surface area contributed by atoms with E-state index in [2.05, 4.69) is 50.8 Å². The fourth-order valence-electron chi connectivity index (χ4n) is 5.78. The van der Waals surface area contributed by atoms with Gasteiger partial charge in [0.1, 0.15) is 5.82 Å². The van der Waals surface area contributed by atoms with Gasteiger partial charge in [-0.2, -0.15) is 5.10 Å².